The number of rotatable bonds is 15. The van der Waals surface area contributed by atoms with Crippen molar-refractivity contribution in [2.75, 3.05) is 55.3 Å². The number of sulfonamides is 1. The fourth-order valence-corrected chi connectivity index (χ4v) is 8.52. The Labute approximate surface area is 335 Å². The van der Waals surface area contributed by atoms with E-state index in [9.17, 15) is 23.3 Å². The predicted molar refractivity (Wildman–Crippen MR) is 223 cm³/mol. The normalized spacial score (nSPS) is 13.3. The van der Waals surface area contributed by atoms with Gasteiger partial charge in [0.15, 0.2) is 11.5 Å². The Balaban J connectivity index is 0.940. The van der Waals surface area contributed by atoms with Crippen molar-refractivity contribution in [3.05, 3.63) is 143 Å². The van der Waals surface area contributed by atoms with Crippen molar-refractivity contribution in [3.8, 4) is 16.9 Å². The number of nitrogens with zero attached hydrogens (tertiary/aromatic N) is 5. The highest BCUT2D eigenvalue weighted by Crippen LogP contribution is 2.34. The molecule has 15 heteroatoms. The average Bonchev–Trinajstić information content (AvgIpc) is 3.23. The Hall–Kier alpha value is -6.03. The van der Waals surface area contributed by atoms with Crippen molar-refractivity contribution in [1.29, 1.82) is 0 Å². The Morgan fingerprint density at radius 2 is 1.63 bits per heavy atom. The number of thioether (sulfide) groups is 1. The molecule has 7 rings (SSSR count). The molecule has 2 heterocycles. The number of nitrogens with one attached hydrogen (secondary N) is 2. The summed E-state index contributed by atoms with van der Waals surface area (Å²) >= 11 is 1.58. The summed E-state index contributed by atoms with van der Waals surface area (Å²) in [5.74, 6) is 1.05. The molecule has 2 N–H and O–H groups in total. The van der Waals surface area contributed by atoms with Crippen LogP contribution < -0.4 is 19.7 Å². The minimum absolute atomic E-state index is 0.171. The van der Waals surface area contributed by atoms with E-state index in [4.69, 9.17) is 4.74 Å². The van der Waals surface area contributed by atoms with Gasteiger partial charge in [0.05, 0.1) is 16.4 Å². The Morgan fingerprint density at radius 3 is 2.37 bits per heavy atom. The van der Waals surface area contributed by atoms with Crippen molar-refractivity contribution in [2.45, 2.75) is 23.3 Å². The topological polar surface area (TPSA) is 160 Å². The molecule has 13 nitrogen and oxygen atoms in total. The number of benzene rings is 5. The molecule has 0 aliphatic carbocycles. The van der Waals surface area contributed by atoms with Gasteiger partial charge in [-0.25, -0.2) is 13.1 Å². The average molecular weight is 804 g/mol. The minimum atomic E-state index is -4.46. The van der Waals surface area contributed by atoms with Crippen LogP contribution in [0.5, 0.6) is 5.75 Å². The van der Waals surface area contributed by atoms with Crippen molar-refractivity contribution >= 4 is 55.7 Å². The van der Waals surface area contributed by atoms with Gasteiger partial charge in [-0.05, 0) is 82.9 Å². The van der Waals surface area contributed by atoms with Gasteiger partial charge >= 0.3 is 0 Å². The number of nitro benzene ring substituents is 1. The third kappa shape index (κ3) is 9.51. The molecule has 1 aliphatic heterocycles. The van der Waals surface area contributed by atoms with Gasteiger partial charge in [-0.2, -0.15) is 0 Å². The summed E-state index contributed by atoms with van der Waals surface area (Å²) in [4.78, 5) is 29.3. The molecule has 292 valence electrons. The van der Waals surface area contributed by atoms with E-state index in [1.165, 1.54) is 34.5 Å². The first-order valence-electron chi connectivity index (χ1n) is 18.5. The lowest BCUT2D eigenvalue weighted by Crippen LogP contribution is -2.46. The number of hydrogen-bond acceptors (Lipinski definition) is 12. The van der Waals surface area contributed by atoms with Crippen LogP contribution in [-0.2, 0) is 16.6 Å². The maximum absolute atomic E-state index is 13.1. The number of anilines is 2. The summed E-state index contributed by atoms with van der Waals surface area (Å²) < 4.78 is 34.0. The van der Waals surface area contributed by atoms with Crippen LogP contribution in [0.1, 0.15) is 23.0 Å². The zero-order valence-electron chi connectivity index (χ0n) is 31.2. The monoisotopic (exact) mass is 803 g/mol. The van der Waals surface area contributed by atoms with Crippen molar-refractivity contribution in [2.24, 2.45) is 0 Å². The number of ether oxygens (including phenoxy) is 1. The molecule has 0 bridgehead atoms. The molecule has 0 atom stereocenters. The summed E-state index contributed by atoms with van der Waals surface area (Å²) in [5.41, 5.74) is 3.05. The number of carbonyl (C=O) groups excluding carboxylic acids is 1. The van der Waals surface area contributed by atoms with Gasteiger partial charge in [0.25, 0.3) is 21.6 Å². The molecular formula is C42H41N7O6S2. The van der Waals surface area contributed by atoms with E-state index in [-0.39, 0.29) is 11.4 Å². The van der Waals surface area contributed by atoms with Gasteiger partial charge in [-0.3, -0.25) is 19.8 Å². The van der Waals surface area contributed by atoms with Crippen molar-refractivity contribution < 1.29 is 22.9 Å². The van der Waals surface area contributed by atoms with Gasteiger partial charge in [0.2, 0.25) is 0 Å². The van der Waals surface area contributed by atoms with E-state index in [2.05, 4.69) is 73.8 Å². The number of aromatic nitrogens is 2. The first-order chi connectivity index (χ1) is 27.7. The summed E-state index contributed by atoms with van der Waals surface area (Å²) in [6, 6.07) is 37.3. The molecule has 1 amide bonds. The molecule has 6 aromatic rings. The second kappa shape index (κ2) is 17.8. The first kappa shape index (κ1) is 39.2. The Kier molecular flexibility index (Phi) is 12.3. The number of fused-ring (bicyclic) bond motifs is 1. The fourth-order valence-electron chi connectivity index (χ4n) is 6.75. The van der Waals surface area contributed by atoms with E-state index in [1.807, 2.05) is 54.1 Å². The molecule has 0 unspecified atom stereocenters. The molecular weight excluding hydrogens is 763 g/mol. The van der Waals surface area contributed by atoms with Crippen LogP contribution in [0.2, 0.25) is 0 Å². The lowest BCUT2D eigenvalue weighted by molar-refractivity contribution is -0.384. The van der Waals surface area contributed by atoms with Gasteiger partial charge < -0.3 is 15.0 Å². The highest BCUT2D eigenvalue weighted by atomic mass is 32.2. The summed E-state index contributed by atoms with van der Waals surface area (Å²) in [6.45, 7) is 6.71. The van der Waals surface area contributed by atoms with Crippen molar-refractivity contribution in [1.82, 2.24) is 19.8 Å². The maximum atomic E-state index is 13.1. The van der Waals surface area contributed by atoms with Gasteiger partial charge in [0.1, 0.15) is 11.4 Å². The lowest BCUT2D eigenvalue weighted by atomic mass is 9.94. The van der Waals surface area contributed by atoms with E-state index in [0.29, 0.717) is 37.8 Å². The molecule has 0 spiro atoms. The van der Waals surface area contributed by atoms with E-state index >= 15 is 0 Å². The third-order valence-corrected chi connectivity index (χ3v) is 11.9. The summed E-state index contributed by atoms with van der Waals surface area (Å²) in [7, 11) is -4.46. The summed E-state index contributed by atoms with van der Waals surface area (Å²) in [6.07, 6.45) is 0. The van der Waals surface area contributed by atoms with E-state index in [1.54, 1.807) is 17.8 Å². The Bertz CT molecular complexity index is 2480. The zero-order chi connectivity index (χ0) is 39.8. The van der Waals surface area contributed by atoms with Gasteiger partial charge in [-0.15, -0.1) is 22.0 Å². The van der Waals surface area contributed by atoms with Crippen LogP contribution in [0.3, 0.4) is 0 Å². The second-order valence-corrected chi connectivity index (χ2v) is 16.1. The number of amides is 1. The molecule has 57 heavy (non-hydrogen) atoms. The molecule has 5 aromatic carbocycles. The molecule has 0 saturated carbocycles. The second-order valence-electron chi connectivity index (χ2n) is 13.3. The van der Waals surface area contributed by atoms with Crippen LogP contribution in [0.4, 0.5) is 17.2 Å². The molecule has 1 aromatic heterocycles. The fraction of sp³-hybridized carbons (Fsp3) is 0.214. The Morgan fingerprint density at radius 1 is 0.860 bits per heavy atom. The van der Waals surface area contributed by atoms with Crippen LogP contribution in [0, 0.1) is 10.1 Å². The van der Waals surface area contributed by atoms with Crippen molar-refractivity contribution in [3.63, 3.8) is 0 Å². The standard InChI is InChI=1S/C42H41N7O6S2/c1-2-55-32-10-8-9-30(27-32)36-17-15-31(35-13-6-7-14-37(35)36)29-47-22-24-48(25-23-47)41-20-19-39(44-45-41)42(50)46-57(53,54)34-16-18-38(40(28-34)49(51)52)43-21-26-56-33-11-4-3-5-12-33/h3-20,27-28,43H,2,21-26,29H2,1H3,(H,46,50). The van der Waals surface area contributed by atoms with Crippen LogP contribution in [0.15, 0.2) is 131 Å². The number of piperazine rings is 1. The zero-order valence-corrected chi connectivity index (χ0v) is 32.8. The molecule has 1 aliphatic rings. The molecule has 1 saturated heterocycles. The quantitative estimate of drug-likeness (QED) is 0.0464. The first-order valence-corrected chi connectivity index (χ1v) is 21.0. The highest BCUT2D eigenvalue weighted by molar-refractivity contribution is 7.99. The highest BCUT2D eigenvalue weighted by Gasteiger charge is 2.25. The van der Waals surface area contributed by atoms with Crippen LogP contribution in [0.25, 0.3) is 21.9 Å². The lowest BCUT2D eigenvalue weighted by Gasteiger charge is -2.35. The van der Waals surface area contributed by atoms with E-state index < -0.39 is 31.4 Å². The third-order valence-electron chi connectivity index (χ3n) is 9.58. The summed E-state index contributed by atoms with van der Waals surface area (Å²) in [5, 5.41) is 25.5. The maximum Gasteiger partial charge on any atom is 0.293 e. The molecule has 0 radical (unpaired) electrons. The molecule has 1 fully saturated rings. The SMILES string of the molecule is CCOc1cccc(-c2ccc(CN3CCN(c4ccc(C(=O)NS(=O)(=O)c5ccc(NCCSc6ccccc6)c([N+](=O)[O-])c5)nn4)CC3)c3ccccc23)c1. The number of carbonyl (C=O) groups is 1. The van der Waals surface area contributed by atoms with E-state index in [0.717, 1.165) is 47.5 Å². The predicted octanol–water partition coefficient (Wildman–Crippen LogP) is 7.25. The van der Waals surface area contributed by atoms with Crippen LogP contribution in [-0.4, -0.2) is 79.4 Å². The largest absolute Gasteiger partial charge is 0.494 e. The van der Waals surface area contributed by atoms with Gasteiger partial charge in [-0.1, -0.05) is 66.7 Å². The smallest absolute Gasteiger partial charge is 0.293 e. The number of hydrogen-bond donors (Lipinski definition) is 2. The van der Waals surface area contributed by atoms with Crippen LogP contribution >= 0.6 is 11.8 Å². The minimum Gasteiger partial charge on any atom is -0.494 e. The number of nitro groups is 1. The van der Waals surface area contributed by atoms with Gasteiger partial charge in [0, 0.05) is 56.0 Å².